The van der Waals surface area contributed by atoms with E-state index < -0.39 is 10.0 Å². The van der Waals surface area contributed by atoms with Gasteiger partial charge in [-0.3, -0.25) is 0 Å². The van der Waals surface area contributed by atoms with Gasteiger partial charge < -0.3 is 0 Å². The van der Waals surface area contributed by atoms with Crippen molar-refractivity contribution >= 4 is 10.0 Å². The van der Waals surface area contributed by atoms with Crippen molar-refractivity contribution in [3.8, 4) is 0 Å². The van der Waals surface area contributed by atoms with E-state index in [9.17, 15) is 8.42 Å². The summed E-state index contributed by atoms with van der Waals surface area (Å²) in [5.74, 6) is 0. The van der Waals surface area contributed by atoms with E-state index in [0.29, 0.717) is 4.91 Å². The minimum Gasteiger partial charge on any atom is -0.208 e. The van der Waals surface area contributed by atoms with Gasteiger partial charge in [-0.2, -0.15) is 0 Å². The Labute approximate surface area is 85.9 Å². The average molecular weight is 215 g/mol. The van der Waals surface area contributed by atoms with Gasteiger partial charge >= 0.3 is 0 Å². The van der Waals surface area contributed by atoms with Crippen LogP contribution < -0.4 is 4.72 Å². The first-order chi connectivity index (χ1) is 6.56. The predicted octanol–water partition coefficient (Wildman–Crippen LogP) is 1.94. The van der Waals surface area contributed by atoms with Crippen LogP contribution in [0, 0.1) is 0 Å². The first-order valence-corrected chi connectivity index (χ1v) is 6.43. The molecule has 1 unspecified atom stereocenters. The molecule has 0 aromatic heterocycles. The minimum atomic E-state index is -3.27. The third kappa shape index (κ3) is 2.96. The summed E-state index contributed by atoms with van der Waals surface area (Å²) in [6.45, 7) is 3.82. The van der Waals surface area contributed by atoms with Crippen molar-refractivity contribution in [2.45, 2.75) is 39.2 Å². The van der Waals surface area contributed by atoms with Gasteiger partial charge in [0.2, 0.25) is 10.0 Å². The Kier molecular flexibility index (Phi) is 3.89. The zero-order valence-electron chi connectivity index (χ0n) is 8.66. The summed E-state index contributed by atoms with van der Waals surface area (Å²) < 4.78 is 26.1. The van der Waals surface area contributed by atoms with Gasteiger partial charge in [0.25, 0.3) is 0 Å². The van der Waals surface area contributed by atoms with Crippen LogP contribution >= 0.6 is 0 Å². The van der Waals surface area contributed by atoms with Crippen molar-refractivity contribution in [3.05, 3.63) is 23.1 Å². The first-order valence-electron chi connectivity index (χ1n) is 4.95. The Bertz CT molecular complexity index is 341. The molecular weight excluding hydrogens is 198 g/mol. The standard InChI is InChI=1S/C10H17NO2S/c1-3-9(2)11-14(12,13)10-7-5-4-6-8-10/h5,7-9,11H,3-4,6H2,1-2H3. The van der Waals surface area contributed by atoms with Crippen LogP contribution in [0.25, 0.3) is 0 Å². The van der Waals surface area contributed by atoms with Crippen molar-refractivity contribution in [2.75, 3.05) is 0 Å². The number of rotatable bonds is 4. The van der Waals surface area contributed by atoms with Gasteiger partial charge in [0.1, 0.15) is 0 Å². The van der Waals surface area contributed by atoms with Crippen molar-refractivity contribution in [3.63, 3.8) is 0 Å². The van der Waals surface area contributed by atoms with Gasteiger partial charge in [0, 0.05) is 6.04 Å². The SMILES string of the molecule is CCC(C)NS(=O)(=O)C1=CCCC=C1. The van der Waals surface area contributed by atoms with Gasteiger partial charge in [-0.25, -0.2) is 13.1 Å². The highest BCUT2D eigenvalue weighted by Crippen LogP contribution is 2.15. The van der Waals surface area contributed by atoms with Crippen LogP contribution in [0.5, 0.6) is 0 Å². The topological polar surface area (TPSA) is 46.2 Å². The molecule has 0 radical (unpaired) electrons. The zero-order chi connectivity index (χ0) is 10.6. The van der Waals surface area contributed by atoms with Gasteiger partial charge in [0.15, 0.2) is 0 Å². The Balaban J connectivity index is 2.75. The van der Waals surface area contributed by atoms with Gasteiger partial charge in [0.05, 0.1) is 4.91 Å². The highest BCUT2D eigenvalue weighted by molar-refractivity contribution is 7.93. The number of nitrogens with one attached hydrogen (secondary N) is 1. The third-order valence-corrected chi connectivity index (χ3v) is 3.88. The summed E-state index contributed by atoms with van der Waals surface area (Å²) in [5, 5.41) is 0. The van der Waals surface area contributed by atoms with E-state index in [4.69, 9.17) is 0 Å². The summed E-state index contributed by atoms with van der Waals surface area (Å²) in [5.41, 5.74) is 0. The summed E-state index contributed by atoms with van der Waals surface area (Å²) in [4.78, 5) is 0.407. The zero-order valence-corrected chi connectivity index (χ0v) is 9.47. The minimum absolute atomic E-state index is 0.00349. The highest BCUT2D eigenvalue weighted by atomic mass is 32.2. The normalized spacial score (nSPS) is 19.1. The molecule has 14 heavy (non-hydrogen) atoms. The lowest BCUT2D eigenvalue weighted by molar-refractivity contribution is 0.562. The summed E-state index contributed by atoms with van der Waals surface area (Å²) >= 11 is 0. The Morgan fingerprint density at radius 1 is 1.50 bits per heavy atom. The van der Waals surface area contributed by atoms with Crippen molar-refractivity contribution in [1.29, 1.82) is 0 Å². The number of hydrogen-bond donors (Lipinski definition) is 1. The molecule has 0 bridgehead atoms. The maximum Gasteiger partial charge on any atom is 0.240 e. The van der Waals surface area contributed by atoms with Crippen LogP contribution in [0.4, 0.5) is 0 Å². The molecule has 0 spiro atoms. The Morgan fingerprint density at radius 3 is 2.71 bits per heavy atom. The second-order valence-electron chi connectivity index (χ2n) is 3.52. The molecule has 0 aliphatic heterocycles. The lowest BCUT2D eigenvalue weighted by atomic mass is 10.2. The van der Waals surface area contributed by atoms with Crippen LogP contribution in [-0.2, 0) is 10.0 Å². The summed E-state index contributed by atoms with van der Waals surface area (Å²) in [6.07, 6.45) is 7.88. The average Bonchev–Trinajstić information content (AvgIpc) is 2.18. The fourth-order valence-corrected chi connectivity index (χ4v) is 2.65. The number of hydrogen-bond acceptors (Lipinski definition) is 2. The quantitative estimate of drug-likeness (QED) is 0.779. The lowest BCUT2D eigenvalue weighted by Gasteiger charge is -2.13. The van der Waals surface area contributed by atoms with E-state index in [0.717, 1.165) is 19.3 Å². The second kappa shape index (κ2) is 4.75. The molecule has 1 rings (SSSR count). The van der Waals surface area contributed by atoms with E-state index in [-0.39, 0.29) is 6.04 Å². The molecule has 0 amide bonds. The van der Waals surface area contributed by atoms with Gasteiger partial charge in [-0.1, -0.05) is 19.1 Å². The fraction of sp³-hybridized carbons (Fsp3) is 0.600. The second-order valence-corrected chi connectivity index (χ2v) is 5.23. The molecule has 0 saturated carbocycles. The Morgan fingerprint density at radius 2 is 2.21 bits per heavy atom. The van der Waals surface area contributed by atoms with E-state index >= 15 is 0 Å². The highest BCUT2D eigenvalue weighted by Gasteiger charge is 2.17. The van der Waals surface area contributed by atoms with Crippen molar-refractivity contribution in [2.24, 2.45) is 0 Å². The maximum atomic E-state index is 11.7. The molecule has 1 N–H and O–H groups in total. The lowest BCUT2D eigenvalue weighted by Crippen LogP contribution is -2.32. The van der Waals surface area contributed by atoms with E-state index in [1.807, 2.05) is 19.9 Å². The molecule has 0 aromatic carbocycles. The molecule has 4 heteroatoms. The monoisotopic (exact) mass is 215 g/mol. The van der Waals surface area contributed by atoms with Crippen molar-refractivity contribution in [1.82, 2.24) is 4.72 Å². The molecule has 1 aliphatic rings. The number of allylic oxidation sites excluding steroid dienone is 3. The predicted molar refractivity (Wildman–Crippen MR) is 58.3 cm³/mol. The molecule has 0 aromatic rings. The maximum absolute atomic E-state index is 11.7. The van der Waals surface area contributed by atoms with Crippen LogP contribution in [-0.4, -0.2) is 14.5 Å². The molecular formula is C10H17NO2S. The first kappa shape index (κ1) is 11.5. The van der Waals surface area contributed by atoms with Gasteiger partial charge in [-0.15, -0.1) is 0 Å². The largest absolute Gasteiger partial charge is 0.240 e. The van der Waals surface area contributed by atoms with E-state index in [2.05, 4.69) is 4.72 Å². The molecule has 80 valence electrons. The van der Waals surface area contributed by atoms with E-state index in [1.54, 1.807) is 12.2 Å². The van der Waals surface area contributed by atoms with Crippen LogP contribution in [0.15, 0.2) is 23.1 Å². The van der Waals surface area contributed by atoms with Crippen LogP contribution in [0.2, 0.25) is 0 Å². The molecule has 0 heterocycles. The summed E-state index contributed by atoms with van der Waals surface area (Å²) in [7, 11) is -3.27. The van der Waals surface area contributed by atoms with Crippen LogP contribution in [0.1, 0.15) is 33.1 Å². The van der Waals surface area contributed by atoms with Gasteiger partial charge in [-0.05, 0) is 32.3 Å². The molecule has 3 nitrogen and oxygen atoms in total. The molecule has 0 fully saturated rings. The summed E-state index contributed by atoms with van der Waals surface area (Å²) in [6, 6.07) is -0.00349. The Hall–Kier alpha value is -0.610. The molecule has 0 saturated heterocycles. The van der Waals surface area contributed by atoms with Crippen molar-refractivity contribution < 1.29 is 8.42 Å². The van der Waals surface area contributed by atoms with E-state index in [1.165, 1.54) is 0 Å². The number of sulfonamides is 1. The smallest absolute Gasteiger partial charge is 0.208 e. The fourth-order valence-electron chi connectivity index (χ4n) is 1.20. The third-order valence-electron chi connectivity index (χ3n) is 2.24. The van der Waals surface area contributed by atoms with Crippen LogP contribution in [0.3, 0.4) is 0 Å². The molecule has 1 aliphatic carbocycles. The molecule has 1 atom stereocenters.